The second-order valence-corrected chi connectivity index (χ2v) is 6.35. The lowest BCUT2D eigenvalue weighted by molar-refractivity contribution is 0.165. The summed E-state index contributed by atoms with van der Waals surface area (Å²) >= 11 is 6.23. The normalized spacial score (nSPS) is 20.8. The van der Waals surface area contributed by atoms with Crippen molar-refractivity contribution in [2.75, 3.05) is 25.0 Å². The van der Waals surface area contributed by atoms with Crippen LogP contribution in [0.1, 0.15) is 38.7 Å². The van der Waals surface area contributed by atoms with Gasteiger partial charge < -0.3 is 10.2 Å². The molecule has 2 unspecified atom stereocenters. The molecule has 0 aliphatic carbocycles. The van der Waals surface area contributed by atoms with Crippen LogP contribution < -0.4 is 5.32 Å². The van der Waals surface area contributed by atoms with E-state index in [1.807, 2.05) is 6.07 Å². The van der Waals surface area contributed by atoms with Gasteiger partial charge in [-0.15, -0.1) is 0 Å². The van der Waals surface area contributed by atoms with Crippen LogP contribution in [-0.4, -0.2) is 30.6 Å². The molecule has 1 aliphatic heterocycles. The van der Waals surface area contributed by atoms with E-state index in [9.17, 15) is 0 Å². The lowest BCUT2D eigenvalue weighted by atomic mass is 9.91. The molecule has 114 valence electrons. The fourth-order valence-corrected chi connectivity index (χ4v) is 3.26. The van der Waals surface area contributed by atoms with Crippen LogP contribution in [-0.2, 0) is 0 Å². The molecular weight excluding hydrogens is 282 g/mol. The van der Waals surface area contributed by atoms with Gasteiger partial charge in [-0.3, -0.25) is 0 Å². The van der Waals surface area contributed by atoms with Crippen molar-refractivity contribution in [3.63, 3.8) is 0 Å². The zero-order valence-corrected chi connectivity index (χ0v) is 13.7. The van der Waals surface area contributed by atoms with Crippen molar-refractivity contribution in [1.82, 2.24) is 4.90 Å². The van der Waals surface area contributed by atoms with Gasteiger partial charge in [0, 0.05) is 12.6 Å². The standard InChI is InChI=1S/C17H24ClN3/c1-3-8-21-9-4-5-15(12-21)13(2)20-17-10-14(11-19)6-7-16(17)18/h6-7,10,13,15,20H,3-5,8-9,12H2,1-2H3. The third-order valence-corrected chi connectivity index (χ3v) is 4.60. The molecule has 3 nitrogen and oxygen atoms in total. The minimum atomic E-state index is 0.357. The van der Waals surface area contributed by atoms with E-state index < -0.39 is 0 Å². The number of hydrogen-bond acceptors (Lipinski definition) is 3. The van der Waals surface area contributed by atoms with Crippen LogP contribution >= 0.6 is 11.6 Å². The number of nitrogens with one attached hydrogen (secondary N) is 1. The maximum absolute atomic E-state index is 9.00. The van der Waals surface area contributed by atoms with Crippen molar-refractivity contribution in [2.45, 2.75) is 39.2 Å². The number of nitriles is 1. The molecule has 0 spiro atoms. The van der Waals surface area contributed by atoms with Gasteiger partial charge in [0.1, 0.15) is 0 Å². The van der Waals surface area contributed by atoms with Crippen LogP contribution in [0.25, 0.3) is 0 Å². The van der Waals surface area contributed by atoms with Gasteiger partial charge in [-0.25, -0.2) is 0 Å². The number of halogens is 1. The average molecular weight is 306 g/mol. The second-order valence-electron chi connectivity index (χ2n) is 5.94. The quantitative estimate of drug-likeness (QED) is 0.889. The minimum Gasteiger partial charge on any atom is -0.381 e. The van der Waals surface area contributed by atoms with E-state index in [-0.39, 0.29) is 0 Å². The summed E-state index contributed by atoms with van der Waals surface area (Å²) in [5, 5.41) is 13.2. The molecule has 1 aliphatic rings. The Labute approximate surface area is 132 Å². The molecule has 0 saturated carbocycles. The van der Waals surface area contributed by atoms with Crippen molar-refractivity contribution in [3.8, 4) is 6.07 Å². The van der Waals surface area contributed by atoms with Gasteiger partial charge in [0.25, 0.3) is 0 Å². The Morgan fingerprint density at radius 1 is 1.52 bits per heavy atom. The predicted molar refractivity (Wildman–Crippen MR) is 88.7 cm³/mol. The van der Waals surface area contributed by atoms with Crippen molar-refractivity contribution in [2.24, 2.45) is 5.92 Å². The molecule has 0 bridgehead atoms. The molecule has 1 aromatic rings. The molecule has 1 heterocycles. The third kappa shape index (κ3) is 4.36. The highest BCUT2D eigenvalue weighted by Crippen LogP contribution is 2.27. The van der Waals surface area contributed by atoms with E-state index in [1.54, 1.807) is 12.1 Å². The highest BCUT2D eigenvalue weighted by atomic mass is 35.5. The van der Waals surface area contributed by atoms with Gasteiger partial charge in [-0.05, 0) is 63.4 Å². The maximum Gasteiger partial charge on any atom is 0.0992 e. The molecule has 0 aromatic heterocycles. The number of likely N-dealkylation sites (tertiary alicyclic amines) is 1. The monoisotopic (exact) mass is 305 g/mol. The molecule has 21 heavy (non-hydrogen) atoms. The fraction of sp³-hybridized carbons (Fsp3) is 0.588. The van der Waals surface area contributed by atoms with E-state index in [0.717, 1.165) is 12.2 Å². The predicted octanol–water partition coefficient (Wildman–Crippen LogP) is 4.13. The Balaban J connectivity index is 2.00. The number of hydrogen-bond donors (Lipinski definition) is 1. The zero-order valence-electron chi connectivity index (χ0n) is 12.9. The number of anilines is 1. The molecule has 1 aromatic carbocycles. The summed E-state index contributed by atoms with van der Waals surface area (Å²) in [6, 6.07) is 7.90. The number of piperidine rings is 1. The molecule has 1 N–H and O–H groups in total. The zero-order chi connectivity index (χ0) is 15.2. The van der Waals surface area contributed by atoms with E-state index in [2.05, 4.69) is 30.1 Å². The van der Waals surface area contributed by atoms with Crippen LogP contribution in [0, 0.1) is 17.2 Å². The molecule has 2 atom stereocenters. The highest BCUT2D eigenvalue weighted by molar-refractivity contribution is 6.33. The minimum absolute atomic E-state index is 0.357. The molecule has 0 amide bonds. The molecule has 1 fully saturated rings. The first-order chi connectivity index (χ1) is 10.1. The van der Waals surface area contributed by atoms with Gasteiger partial charge in [0.15, 0.2) is 0 Å². The number of nitrogens with zero attached hydrogens (tertiary/aromatic N) is 2. The van der Waals surface area contributed by atoms with Crippen molar-refractivity contribution < 1.29 is 0 Å². The van der Waals surface area contributed by atoms with Gasteiger partial charge in [0.2, 0.25) is 0 Å². The lowest BCUT2D eigenvalue weighted by Gasteiger charge is -2.36. The van der Waals surface area contributed by atoms with Gasteiger partial charge >= 0.3 is 0 Å². The first-order valence-corrected chi connectivity index (χ1v) is 8.20. The van der Waals surface area contributed by atoms with Crippen molar-refractivity contribution in [1.29, 1.82) is 5.26 Å². The fourth-order valence-electron chi connectivity index (χ4n) is 3.09. The van der Waals surface area contributed by atoms with E-state index >= 15 is 0 Å². The summed E-state index contributed by atoms with van der Waals surface area (Å²) in [6.45, 7) is 8.02. The Hall–Kier alpha value is -1.24. The molecule has 2 rings (SSSR count). The summed E-state index contributed by atoms with van der Waals surface area (Å²) in [7, 11) is 0. The van der Waals surface area contributed by atoms with Crippen LogP contribution in [0.3, 0.4) is 0 Å². The summed E-state index contributed by atoms with van der Waals surface area (Å²) in [5.74, 6) is 0.632. The maximum atomic E-state index is 9.00. The Bertz CT molecular complexity index is 507. The first-order valence-electron chi connectivity index (χ1n) is 7.82. The van der Waals surface area contributed by atoms with Gasteiger partial charge in [-0.1, -0.05) is 18.5 Å². The smallest absolute Gasteiger partial charge is 0.0992 e. The molecule has 1 saturated heterocycles. The van der Waals surface area contributed by atoms with Crippen LogP contribution in [0.5, 0.6) is 0 Å². The van der Waals surface area contributed by atoms with Crippen molar-refractivity contribution >= 4 is 17.3 Å². The summed E-state index contributed by atoms with van der Waals surface area (Å²) < 4.78 is 0. The SMILES string of the molecule is CCCN1CCCC(C(C)Nc2cc(C#N)ccc2Cl)C1. The van der Waals surface area contributed by atoms with E-state index in [1.165, 1.54) is 32.4 Å². The first kappa shape index (κ1) is 16.1. The van der Waals surface area contributed by atoms with Crippen molar-refractivity contribution in [3.05, 3.63) is 28.8 Å². The highest BCUT2D eigenvalue weighted by Gasteiger charge is 2.24. The van der Waals surface area contributed by atoms with E-state index in [4.69, 9.17) is 16.9 Å². The van der Waals surface area contributed by atoms with Crippen LogP contribution in [0.4, 0.5) is 5.69 Å². The lowest BCUT2D eigenvalue weighted by Crippen LogP contribution is -2.42. The third-order valence-electron chi connectivity index (χ3n) is 4.27. The molecule has 0 radical (unpaired) electrons. The molecule has 4 heteroatoms. The van der Waals surface area contributed by atoms with Crippen LogP contribution in [0.2, 0.25) is 5.02 Å². The number of benzene rings is 1. The number of rotatable bonds is 5. The average Bonchev–Trinajstić information content (AvgIpc) is 2.50. The molecular formula is C17H24ClN3. The Morgan fingerprint density at radius 3 is 3.05 bits per heavy atom. The van der Waals surface area contributed by atoms with E-state index in [0.29, 0.717) is 22.5 Å². The topological polar surface area (TPSA) is 39.1 Å². The summed E-state index contributed by atoms with van der Waals surface area (Å²) in [6.07, 6.45) is 3.73. The van der Waals surface area contributed by atoms with Crippen LogP contribution in [0.15, 0.2) is 18.2 Å². The summed E-state index contributed by atoms with van der Waals surface area (Å²) in [5.41, 5.74) is 1.51. The summed E-state index contributed by atoms with van der Waals surface area (Å²) in [4.78, 5) is 2.56. The largest absolute Gasteiger partial charge is 0.381 e. The van der Waals surface area contributed by atoms with Gasteiger partial charge in [-0.2, -0.15) is 5.26 Å². The van der Waals surface area contributed by atoms with Gasteiger partial charge in [0.05, 0.1) is 22.3 Å². The Kier molecular flexibility index (Phi) is 5.90. The second kappa shape index (κ2) is 7.68. The Morgan fingerprint density at radius 2 is 2.33 bits per heavy atom.